The Morgan fingerprint density at radius 2 is 0.919 bits per heavy atom. The smallest absolute Gasteiger partial charge is 0.206 e. The number of rotatable bonds is 3. The fourth-order valence-electron chi connectivity index (χ4n) is 4.34. The molecule has 0 aliphatic heterocycles. The third-order valence-electron chi connectivity index (χ3n) is 6.02. The highest BCUT2D eigenvalue weighted by Gasteiger charge is 2.35. The number of fused-ring (bicyclic) bond motifs is 3. The third kappa shape index (κ3) is 4.66. The second-order valence-corrected chi connectivity index (χ2v) is 10.4. The minimum atomic E-state index is -4.81. The van der Waals surface area contributed by atoms with E-state index in [1.165, 1.54) is 0 Å². The molecular weight excluding hydrogens is 519 g/mol. The van der Waals surface area contributed by atoms with Crippen LogP contribution in [0.2, 0.25) is 0 Å². The van der Waals surface area contributed by atoms with Crippen LogP contribution in [-0.2, 0) is 12.4 Å². The molecule has 0 spiro atoms. The summed E-state index contributed by atoms with van der Waals surface area (Å²) < 4.78 is 110. The molecule has 0 nitrogen and oxygen atoms in total. The maximum absolute atomic E-state index is 15.3. The van der Waals surface area contributed by atoms with Gasteiger partial charge in [0.1, 0.15) is 11.6 Å². The monoisotopic (exact) mass is 534 g/mol. The van der Waals surface area contributed by atoms with Gasteiger partial charge in [0, 0.05) is 10.6 Å². The zero-order valence-corrected chi connectivity index (χ0v) is 19.5. The van der Waals surface area contributed by atoms with Gasteiger partial charge in [0.25, 0.3) is 0 Å². The van der Waals surface area contributed by atoms with Crippen molar-refractivity contribution in [1.29, 1.82) is 0 Å². The maximum Gasteiger partial charge on any atom is 0.416 e. The largest absolute Gasteiger partial charge is 0.416 e. The molecule has 0 bridgehead atoms. The normalized spacial score (nSPS) is 12.6. The number of hydrogen-bond acceptors (Lipinski definition) is 0. The summed E-state index contributed by atoms with van der Waals surface area (Å²) in [5.41, 5.74) is -2.44. The Morgan fingerprint density at radius 3 is 1.41 bits per heavy atom. The minimum absolute atomic E-state index is 0.234. The quantitative estimate of drug-likeness (QED) is 0.125. The second kappa shape index (κ2) is 9.10. The van der Waals surface area contributed by atoms with Crippen LogP contribution in [0, 0.1) is 11.6 Å². The molecule has 0 heterocycles. The highest BCUT2D eigenvalue weighted by molar-refractivity contribution is 7.80. The van der Waals surface area contributed by atoms with Crippen molar-refractivity contribution in [2.24, 2.45) is 0 Å². The summed E-state index contributed by atoms with van der Waals surface area (Å²) in [6.07, 6.45) is -9.62. The topological polar surface area (TPSA) is 0 Å². The van der Waals surface area contributed by atoms with Crippen LogP contribution in [0.1, 0.15) is 11.1 Å². The SMILES string of the molecule is Fc1cc(C(F)(F)F)ccc1P(c1ccc(C(F)(F)F)cc1F)c1cc2ccccc2c2ccccc12. The van der Waals surface area contributed by atoms with Crippen LogP contribution in [0.5, 0.6) is 0 Å². The van der Waals surface area contributed by atoms with E-state index in [4.69, 9.17) is 0 Å². The highest BCUT2D eigenvalue weighted by atomic mass is 31.1. The van der Waals surface area contributed by atoms with Crippen LogP contribution in [0.25, 0.3) is 21.5 Å². The molecule has 0 N–H and O–H groups in total. The summed E-state index contributed by atoms with van der Waals surface area (Å²) in [7, 11) is -2.24. The summed E-state index contributed by atoms with van der Waals surface area (Å²) in [6, 6.07) is 19.8. The van der Waals surface area contributed by atoms with E-state index in [0.29, 0.717) is 40.3 Å². The van der Waals surface area contributed by atoms with Gasteiger partial charge >= 0.3 is 12.4 Å². The average Bonchev–Trinajstić information content (AvgIpc) is 2.84. The van der Waals surface area contributed by atoms with Gasteiger partial charge in [-0.15, -0.1) is 0 Å². The number of alkyl halides is 6. The lowest BCUT2D eigenvalue weighted by molar-refractivity contribution is -0.138. The van der Waals surface area contributed by atoms with Gasteiger partial charge < -0.3 is 0 Å². The van der Waals surface area contributed by atoms with Crippen molar-refractivity contribution >= 4 is 45.4 Å². The third-order valence-corrected chi connectivity index (χ3v) is 8.56. The Kier molecular flexibility index (Phi) is 6.19. The first-order chi connectivity index (χ1) is 17.4. The van der Waals surface area contributed by atoms with Crippen molar-refractivity contribution in [1.82, 2.24) is 0 Å². The lowest BCUT2D eigenvalue weighted by atomic mass is 10.0. The molecule has 0 fully saturated rings. The molecular formula is C28H15F8P. The van der Waals surface area contributed by atoms with Crippen molar-refractivity contribution in [3.8, 4) is 0 Å². The number of halogens is 8. The Labute approximate surface area is 206 Å². The van der Waals surface area contributed by atoms with Gasteiger partial charge in [-0.05, 0) is 65.1 Å². The summed E-state index contributed by atoms with van der Waals surface area (Å²) in [5, 5.41) is 2.82. The van der Waals surface area contributed by atoms with Gasteiger partial charge in [-0.3, -0.25) is 0 Å². The summed E-state index contributed by atoms with van der Waals surface area (Å²) in [5.74, 6) is -2.45. The van der Waals surface area contributed by atoms with E-state index >= 15 is 8.78 Å². The van der Waals surface area contributed by atoms with Gasteiger partial charge in [-0.25, -0.2) is 8.78 Å². The second-order valence-electron chi connectivity index (χ2n) is 8.33. The molecule has 0 amide bonds. The van der Waals surface area contributed by atoms with Crippen molar-refractivity contribution in [2.45, 2.75) is 12.4 Å². The van der Waals surface area contributed by atoms with E-state index in [1.54, 1.807) is 42.5 Å². The average molecular weight is 534 g/mol. The molecule has 0 atom stereocenters. The van der Waals surface area contributed by atoms with Crippen LogP contribution in [-0.4, -0.2) is 0 Å². The van der Waals surface area contributed by atoms with E-state index in [-0.39, 0.29) is 10.6 Å². The van der Waals surface area contributed by atoms with Gasteiger partial charge in [-0.1, -0.05) is 60.7 Å². The molecule has 9 heteroatoms. The fourth-order valence-corrected chi connectivity index (χ4v) is 6.82. The van der Waals surface area contributed by atoms with Gasteiger partial charge in [0.2, 0.25) is 0 Å². The van der Waals surface area contributed by atoms with Crippen LogP contribution in [0.4, 0.5) is 35.1 Å². The lowest BCUT2D eigenvalue weighted by Gasteiger charge is -2.24. The first-order valence-electron chi connectivity index (χ1n) is 10.9. The number of benzene rings is 5. The van der Waals surface area contributed by atoms with Crippen molar-refractivity contribution in [2.75, 3.05) is 0 Å². The maximum atomic E-state index is 15.3. The van der Waals surface area contributed by atoms with E-state index in [2.05, 4.69) is 0 Å². The Bertz CT molecular complexity index is 1570. The zero-order valence-electron chi connectivity index (χ0n) is 18.6. The molecule has 0 saturated carbocycles. The molecule has 5 rings (SSSR count). The van der Waals surface area contributed by atoms with E-state index < -0.39 is 43.0 Å². The predicted octanol–water partition coefficient (Wildman–Crippen LogP) is 8.07. The van der Waals surface area contributed by atoms with Crippen LogP contribution >= 0.6 is 7.92 Å². The molecule has 5 aromatic rings. The predicted molar refractivity (Wildman–Crippen MR) is 130 cm³/mol. The van der Waals surface area contributed by atoms with Crippen molar-refractivity contribution in [3.63, 3.8) is 0 Å². The molecule has 37 heavy (non-hydrogen) atoms. The first-order valence-corrected chi connectivity index (χ1v) is 12.2. The fraction of sp³-hybridized carbons (Fsp3) is 0.0714. The Morgan fingerprint density at radius 1 is 0.459 bits per heavy atom. The number of hydrogen-bond donors (Lipinski definition) is 0. The van der Waals surface area contributed by atoms with Gasteiger partial charge in [0.05, 0.1) is 11.1 Å². The standard InChI is InChI=1S/C28H15F8P/c29-22-14-17(27(31,32)33)9-11-24(22)37(25-12-10-18(15-23(25)30)28(34,35)36)26-13-16-5-1-2-6-19(16)20-7-3-4-8-21(20)26/h1-15H. The molecule has 5 aromatic carbocycles. The first kappa shape index (κ1) is 25.2. The van der Waals surface area contributed by atoms with Crippen LogP contribution < -0.4 is 15.9 Å². The van der Waals surface area contributed by atoms with E-state index in [1.807, 2.05) is 12.1 Å². The highest BCUT2D eigenvalue weighted by Crippen LogP contribution is 2.41. The Balaban J connectivity index is 1.84. The van der Waals surface area contributed by atoms with E-state index in [9.17, 15) is 26.3 Å². The van der Waals surface area contributed by atoms with E-state index in [0.717, 1.165) is 22.9 Å². The van der Waals surface area contributed by atoms with Gasteiger partial charge in [0.15, 0.2) is 0 Å². The lowest BCUT2D eigenvalue weighted by Crippen LogP contribution is -2.27. The van der Waals surface area contributed by atoms with Gasteiger partial charge in [-0.2, -0.15) is 26.3 Å². The molecule has 188 valence electrons. The molecule has 0 aliphatic carbocycles. The van der Waals surface area contributed by atoms with Crippen molar-refractivity contribution < 1.29 is 35.1 Å². The van der Waals surface area contributed by atoms with Crippen molar-refractivity contribution in [3.05, 3.63) is 114 Å². The molecule has 0 aromatic heterocycles. The molecule has 0 saturated heterocycles. The Hall–Kier alpha value is -3.51. The molecule has 0 radical (unpaired) electrons. The summed E-state index contributed by atoms with van der Waals surface area (Å²) >= 11 is 0. The summed E-state index contributed by atoms with van der Waals surface area (Å²) in [6.45, 7) is 0. The van der Waals surface area contributed by atoms with Crippen LogP contribution in [0.15, 0.2) is 91.0 Å². The molecule has 0 aliphatic rings. The summed E-state index contributed by atoms with van der Waals surface area (Å²) in [4.78, 5) is 0. The molecule has 0 unspecified atom stereocenters. The zero-order chi connectivity index (χ0) is 26.5. The minimum Gasteiger partial charge on any atom is -0.206 e. The van der Waals surface area contributed by atoms with Crippen LogP contribution in [0.3, 0.4) is 0 Å².